The predicted octanol–water partition coefficient (Wildman–Crippen LogP) is 3.89. The average Bonchev–Trinajstić information content (AvgIpc) is 3.29. The molecule has 0 saturated carbocycles. The van der Waals surface area contributed by atoms with Gasteiger partial charge in [-0.3, -0.25) is 9.69 Å². The van der Waals surface area contributed by atoms with E-state index in [4.69, 9.17) is 4.52 Å². The van der Waals surface area contributed by atoms with Crippen LogP contribution in [0.5, 0.6) is 0 Å². The van der Waals surface area contributed by atoms with Gasteiger partial charge in [-0.05, 0) is 56.5 Å². The van der Waals surface area contributed by atoms with Crippen LogP contribution in [0.2, 0.25) is 0 Å². The molecule has 0 radical (unpaired) electrons. The second-order valence-electron chi connectivity index (χ2n) is 8.72. The first-order valence-electron chi connectivity index (χ1n) is 11.1. The Morgan fingerprint density at radius 3 is 2.73 bits per heavy atom. The molecule has 0 aliphatic carbocycles. The van der Waals surface area contributed by atoms with Crippen LogP contribution >= 0.6 is 0 Å². The molecule has 8 nitrogen and oxygen atoms in total. The number of fused-ring (bicyclic) bond motifs is 1. The monoisotopic (exact) mass is 446 g/mol. The van der Waals surface area contributed by atoms with E-state index < -0.39 is 11.6 Å². The molecule has 2 aliphatic rings. The van der Waals surface area contributed by atoms with Crippen molar-refractivity contribution in [2.75, 3.05) is 18.4 Å². The molecule has 3 heterocycles. The molecule has 3 N–H and O–H groups in total. The maximum atomic E-state index is 13.8. The molecule has 1 saturated heterocycles. The van der Waals surface area contributed by atoms with Gasteiger partial charge in [0.15, 0.2) is 5.54 Å². The van der Waals surface area contributed by atoms with Gasteiger partial charge < -0.3 is 20.3 Å². The number of aryl methyl sites for hydroxylation is 2. The van der Waals surface area contributed by atoms with Gasteiger partial charge in [0.1, 0.15) is 5.76 Å². The molecule has 8 heteroatoms. The SMILES string of the molecule is Cc1noc(C)c1-c1ccc2c(c1)C(c1ccccc1)(N1CCC[C@@H](NC(=O)O)C1)C(=O)N2. The number of hydrogen-bond acceptors (Lipinski definition) is 5. The lowest BCUT2D eigenvalue weighted by Crippen LogP contribution is -2.58. The van der Waals surface area contributed by atoms with Gasteiger partial charge in [-0.1, -0.05) is 41.6 Å². The average molecular weight is 447 g/mol. The number of piperidine rings is 1. The summed E-state index contributed by atoms with van der Waals surface area (Å²) >= 11 is 0. The fourth-order valence-corrected chi connectivity index (χ4v) is 5.37. The van der Waals surface area contributed by atoms with Crippen molar-refractivity contribution in [3.63, 3.8) is 0 Å². The van der Waals surface area contributed by atoms with E-state index in [-0.39, 0.29) is 11.9 Å². The summed E-state index contributed by atoms with van der Waals surface area (Å²) < 4.78 is 5.39. The minimum atomic E-state index is -1.07. The molecule has 0 bridgehead atoms. The van der Waals surface area contributed by atoms with E-state index in [2.05, 4.69) is 20.7 Å². The van der Waals surface area contributed by atoms with Gasteiger partial charge in [0, 0.05) is 29.4 Å². The van der Waals surface area contributed by atoms with Crippen LogP contribution in [-0.2, 0) is 10.3 Å². The van der Waals surface area contributed by atoms with E-state index in [0.717, 1.165) is 52.2 Å². The number of amides is 2. The summed E-state index contributed by atoms with van der Waals surface area (Å²) in [6.45, 7) is 4.89. The topological polar surface area (TPSA) is 108 Å². The van der Waals surface area contributed by atoms with Gasteiger partial charge in [-0.15, -0.1) is 0 Å². The molecule has 1 unspecified atom stereocenters. The highest BCUT2D eigenvalue weighted by Crippen LogP contribution is 2.48. The first kappa shape index (κ1) is 21.2. The highest BCUT2D eigenvalue weighted by Gasteiger charge is 2.53. The maximum Gasteiger partial charge on any atom is 0.404 e. The third-order valence-corrected chi connectivity index (χ3v) is 6.72. The third kappa shape index (κ3) is 3.38. The molecular formula is C25H26N4O4. The van der Waals surface area contributed by atoms with Crippen molar-refractivity contribution in [3.8, 4) is 11.1 Å². The molecule has 1 aromatic heterocycles. The van der Waals surface area contributed by atoms with Crippen molar-refractivity contribution in [1.82, 2.24) is 15.4 Å². The predicted molar refractivity (Wildman–Crippen MR) is 123 cm³/mol. The molecule has 0 spiro atoms. The van der Waals surface area contributed by atoms with Gasteiger partial charge in [0.25, 0.3) is 5.91 Å². The Morgan fingerprint density at radius 2 is 2.03 bits per heavy atom. The second kappa shape index (κ2) is 8.04. The van der Waals surface area contributed by atoms with E-state index in [1.807, 2.05) is 62.4 Å². The van der Waals surface area contributed by atoms with Crippen LogP contribution in [-0.4, -0.2) is 46.3 Å². The minimum Gasteiger partial charge on any atom is -0.465 e. The largest absolute Gasteiger partial charge is 0.465 e. The van der Waals surface area contributed by atoms with E-state index in [0.29, 0.717) is 13.1 Å². The molecule has 2 aromatic carbocycles. The number of likely N-dealkylation sites (tertiary alicyclic amines) is 1. The van der Waals surface area contributed by atoms with Crippen molar-refractivity contribution in [2.24, 2.45) is 0 Å². The van der Waals surface area contributed by atoms with Crippen LogP contribution in [0, 0.1) is 13.8 Å². The molecular weight excluding hydrogens is 420 g/mol. The molecule has 2 aliphatic heterocycles. The molecule has 2 amide bonds. The van der Waals surface area contributed by atoms with E-state index in [9.17, 15) is 14.7 Å². The summed E-state index contributed by atoms with van der Waals surface area (Å²) in [6.07, 6.45) is 0.472. The first-order valence-corrected chi connectivity index (χ1v) is 11.1. The van der Waals surface area contributed by atoms with Crippen LogP contribution in [0.25, 0.3) is 11.1 Å². The smallest absolute Gasteiger partial charge is 0.404 e. The van der Waals surface area contributed by atoms with Crippen molar-refractivity contribution >= 4 is 17.7 Å². The lowest BCUT2D eigenvalue weighted by Gasteiger charge is -2.44. The molecule has 170 valence electrons. The zero-order valence-corrected chi connectivity index (χ0v) is 18.6. The number of anilines is 1. The molecule has 3 aromatic rings. The van der Waals surface area contributed by atoms with Crippen molar-refractivity contribution in [2.45, 2.75) is 38.3 Å². The van der Waals surface area contributed by atoms with Crippen LogP contribution in [0.1, 0.15) is 35.4 Å². The van der Waals surface area contributed by atoms with Crippen molar-refractivity contribution in [1.29, 1.82) is 0 Å². The second-order valence-corrected chi connectivity index (χ2v) is 8.72. The summed E-state index contributed by atoms with van der Waals surface area (Å²) in [5.41, 5.74) is 4.04. The molecule has 5 rings (SSSR count). The Morgan fingerprint density at radius 1 is 1.24 bits per heavy atom. The number of nitrogens with one attached hydrogen (secondary N) is 2. The van der Waals surface area contributed by atoms with Crippen LogP contribution in [0.15, 0.2) is 53.1 Å². The fourth-order valence-electron chi connectivity index (χ4n) is 5.37. The Kier molecular flexibility index (Phi) is 5.17. The van der Waals surface area contributed by atoms with Crippen LogP contribution < -0.4 is 10.6 Å². The summed E-state index contributed by atoms with van der Waals surface area (Å²) in [7, 11) is 0. The zero-order valence-electron chi connectivity index (χ0n) is 18.6. The highest BCUT2D eigenvalue weighted by molar-refractivity contribution is 6.09. The number of carbonyl (C=O) groups is 2. The van der Waals surface area contributed by atoms with Crippen LogP contribution in [0.3, 0.4) is 0 Å². The lowest BCUT2D eigenvalue weighted by molar-refractivity contribution is -0.126. The van der Waals surface area contributed by atoms with Gasteiger partial charge in [-0.25, -0.2) is 4.79 Å². The zero-order chi connectivity index (χ0) is 23.2. The van der Waals surface area contributed by atoms with Gasteiger partial charge in [0.2, 0.25) is 0 Å². The lowest BCUT2D eigenvalue weighted by atomic mass is 9.79. The number of aromatic nitrogens is 1. The van der Waals surface area contributed by atoms with E-state index in [1.165, 1.54) is 0 Å². The molecule has 1 fully saturated rings. The van der Waals surface area contributed by atoms with E-state index in [1.54, 1.807) is 0 Å². The number of carboxylic acid groups (broad SMARTS) is 1. The number of carbonyl (C=O) groups excluding carboxylic acids is 1. The summed E-state index contributed by atoms with van der Waals surface area (Å²) in [4.78, 5) is 27.2. The molecule has 33 heavy (non-hydrogen) atoms. The summed E-state index contributed by atoms with van der Waals surface area (Å²) in [6, 6.07) is 15.4. The maximum absolute atomic E-state index is 13.8. The molecule has 2 atom stereocenters. The number of benzene rings is 2. The number of nitrogens with zero attached hydrogens (tertiary/aromatic N) is 2. The Balaban J connectivity index is 1.69. The quantitative estimate of drug-likeness (QED) is 0.561. The van der Waals surface area contributed by atoms with E-state index >= 15 is 0 Å². The normalized spacial score (nSPS) is 22.6. The minimum absolute atomic E-state index is 0.129. The standard InChI is InChI=1S/C25H26N4O4/c1-15-22(16(2)33-28-15)17-10-11-21-20(13-17)25(23(30)27-21,18-7-4-3-5-8-18)29-12-6-9-19(14-29)26-24(31)32/h3-5,7-8,10-11,13,19,26H,6,9,12,14H2,1-2H3,(H,27,30)(H,31,32)/t19-,25?/m1/s1. The van der Waals surface area contributed by atoms with Crippen molar-refractivity contribution in [3.05, 3.63) is 71.1 Å². The number of rotatable bonds is 4. The Labute approximate surface area is 191 Å². The van der Waals surface area contributed by atoms with Gasteiger partial charge >= 0.3 is 6.09 Å². The number of hydrogen-bond donors (Lipinski definition) is 3. The van der Waals surface area contributed by atoms with Crippen LogP contribution in [0.4, 0.5) is 10.5 Å². The Bertz CT molecular complexity index is 1200. The fraction of sp³-hybridized carbons (Fsp3) is 0.320. The Hall–Kier alpha value is -3.65. The third-order valence-electron chi connectivity index (χ3n) is 6.72. The summed E-state index contributed by atoms with van der Waals surface area (Å²) in [5.74, 6) is 0.592. The summed E-state index contributed by atoms with van der Waals surface area (Å²) in [5, 5.41) is 19.1. The highest BCUT2D eigenvalue weighted by atomic mass is 16.5. The first-order chi connectivity index (χ1) is 15.9. The van der Waals surface area contributed by atoms with Gasteiger partial charge in [0.05, 0.1) is 5.69 Å². The van der Waals surface area contributed by atoms with Gasteiger partial charge in [-0.2, -0.15) is 0 Å². The van der Waals surface area contributed by atoms with Crippen molar-refractivity contribution < 1.29 is 19.2 Å².